The van der Waals surface area contributed by atoms with Crippen LogP contribution in [-0.4, -0.2) is 26.9 Å². The fourth-order valence-electron chi connectivity index (χ4n) is 3.94. The summed E-state index contributed by atoms with van der Waals surface area (Å²) in [6.07, 6.45) is 5.71. The number of fused-ring (bicyclic) bond motifs is 3. The zero-order chi connectivity index (χ0) is 22.8. The Morgan fingerprint density at radius 2 is 2.03 bits per heavy atom. The molecule has 1 aliphatic carbocycles. The molecule has 0 atom stereocenters. The number of thiophene rings is 1. The van der Waals surface area contributed by atoms with Gasteiger partial charge in [0.05, 0.1) is 23.1 Å². The van der Waals surface area contributed by atoms with Crippen LogP contribution < -0.4 is 11.0 Å². The van der Waals surface area contributed by atoms with E-state index in [2.05, 4.69) is 10.5 Å². The van der Waals surface area contributed by atoms with Gasteiger partial charge in [0, 0.05) is 4.88 Å². The van der Waals surface area contributed by atoms with Crippen molar-refractivity contribution in [3.63, 3.8) is 0 Å². The number of aromatic nitrogens is 2. The van der Waals surface area contributed by atoms with Crippen LogP contribution in [-0.2, 0) is 17.6 Å². The molecule has 3 heterocycles. The van der Waals surface area contributed by atoms with Crippen LogP contribution >= 0.6 is 23.1 Å². The fourth-order valence-corrected chi connectivity index (χ4v) is 6.04. The second kappa shape index (κ2) is 9.36. The summed E-state index contributed by atoms with van der Waals surface area (Å²) in [7, 11) is 0. The monoisotopic (exact) mass is 478 g/mol. The molecule has 0 radical (unpaired) electrons. The molecule has 1 N–H and O–H groups in total. The van der Waals surface area contributed by atoms with E-state index in [9.17, 15) is 9.59 Å². The van der Waals surface area contributed by atoms with Gasteiger partial charge in [0.25, 0.3) is 11.5 Å². The van der Waals surface area contributed by atoms with E-state index in [1.165, 1.54) is 16.6 Å². The summed E-state index contributed by atoms with van der Waals surface area (Å²) >= 11 is 2.84. The van der Waals surface area contributed by atoms with Crippen LogP contribution in [0.2, 0.25) is 0 Å². The molecule has 5 rings (SSSR count). The number of amides is 1. The maximum Gasteiger partial charge on any atom is 0.267 e. The molecule has 0 aliphatic heterocycles. The van der Waals surface area contributed by atoms with Gasteiger partial charge in [-0.2, -0.15) is 5.10 Å². The van der Waals surface area contributed by atoms with Crippen molar-refractivity contribution in [1.82, 2.24) is 15.0 Å². The first-order valence-electron chi connectivity index (χ1n) is 10.7. The van der Waals surface area contributed by atoms with Crippen molar-refractivity contribution in [3.8, 4) is 5.69 Å². The predicted octanol–water partition coefficient (Wildman–Crippen LogP) is 4.55. The number of benzene rings is 1. The summed E-state index contributed by atoms with van der Waals surface area (Å²) < 4.78 is 6.90. The lowest BCUT2D eigenvalue weighted by Gasteiger charge is -2.13. The molecule has 9 heteroatoms. The molecule has 1 aromatic carbocycles. The topological polar surface area (TPSA) is 89.5 Å². The van der Waals surface area contributed by atoms with E-state index < -0.39 is 0 Å². The molecule has 4 aromatic rings. The molecule has 0 spiro atoms. The molecule has 0 saturated heterocycles. The Balaban J connectivity index is 1.46. The summed E-state index contributed by atoms with van der Waals surface area (Å²) in [6.45, 7) is 1.76. The highest BCUT2D eigenvalue weighted by atomic mass is 32.2. The van der Waals surface area contributed by atoms with E-state index in [1.807, 2.05) is 30.3 Å². The average molecular weight is 479 g/mol. The third-order valence-electron chi connectivity index (χ3n) is 5.53. The summed E-state index contributed by atoms with van der Waals surface area (Å²) in [6, 6.07) is 13.0. The molecular formula is C24H22N4O3S2. The second-order valence-electron chi connectivity index (χ2n) is 7.76. The number of nitrogens with one attached hydrogen (secondary N) is 1. The van der Waals surface area contributed by atoms with E-state index in [-0.39, 0.29) is 17.2 Å². The van der Waals surface area contributed by atoms with Gasteiger partial charge in [0.2, 0.25) is 0 Å². The number of aryl methyl sites for hydroxylation is 2. The smallest absolute Gasteiger partial charge is 0.267 e. The average Bonchev–Trinajstić information content (AvgIpc) is 3.50. The highest BCUT2D eigenvalue weighted by Gasteiger charge is 2.23. The Bertz CT molecular complexity index is 1390. The Morgan fingerprint density at radius 3 is 2.82 bits per heavy atom. The second-order valence-corrected chi connectivity index (χ2v) is 9.79. The highest BCUT2D eigenvalue weighted by Crippen LogP contribution is 2.35. The molecule has 1 aliphatic rings. The molecule has 0 saturated carbocycles. The lowest BCUT2D eigenvalue weighted by Crippen LogP contribution is -2.24. The molecule has 3 aromatic heterocycles. The van der Waals surface area contributed by atoms with Crippen LogP contribution in [0.5, 0.6) is 0 Å². The van der Waals surface area contributed by atoms with E-state index in [0.29, 0.717) is 16.6 Å². The molecule has 0 fully saturated rings. The number of furan rings is 1. The highest BCUT2D eigenvalue weighted by molar-refractivity contribution is 7.99. The predicted molar refractivity (Wildman–Crippen MR) is 132 cm³/mol. The van der Waals surface area contributed by atoms with Crippen LogP contribution in [0.15, 0.2) is 68.2 Å². The van der Waals surface area contributed by atoms with Gasteiger partial charge in [-0.1, -0.05) is 30.0 Å². The minimum Gasteiger partial charge on any atom is -0.463 e. The first-order chi connectivity index (χ1) is 16.1. The summed E-state index contributed by atoms with van der Waals surface area (Å²) in [4.78, 5) is 33.0. The van der Waals surface area contributed by atoms with E-state index in [0.717, 1.165) is 47.2 Å². The number of hydrogen-bond donors (Lipinski definition) is 1. The number of carbonyl (C=O) groups is 1. The largest absolute Gasteiger partial charge is 0.463 e. The quantitative estimate of drug-likeness (QED) is 0.190. The summed E-state index contributed by atoms with van der Waals surface area (Å²) in [5.41, 5.74) is 4.94. The van der Waals surface area contributed by atoms with Crippen molar-refractivity contribution in [3.05, 3.63) is 75.3 Å². The van der Waals surface area contributed by atoms with Gasteiger partial charge in [0.15, 0.2) is 5.16 Å². The van der Waals surface area contributed by atoms with Gasteiger partial charge in [-0.3, -0.25) is 14.2 Å². The molecule has 168 valence electrons. The zero-order valence-electron chi connectivity index (χ0n) is 18.0. The third kappa shape index (κ3) is 4.38. The standard InChI is InChI=1S/C24H22N4O3S2/c1-15(18-11-7-13-31-18)26-27-20(29)14-32-24-25-22-21(17-10-5-6-12-19(17)33-22)23(30)28(24)16-8-3-2-4-9-16/h2-4,7-9,11,13H,5-6,10,12,14H2,1H3,(H,27,29)/b26-15+. The van der Waals surface area contributed by atoms with Gasteiger partial charge >= 0.3 is 0 Å². The Morgan fingerprint density at radius 1 is 1.21 bits per heavy atom. The minimum atomic E-state index is -0.287. The van der Waals surface area contributed by atoms with Crippen LogP contribution in [0.1, 0.15) is 36.0 Å². The number of thioether (sulfide) groups is 1. The van der Waals surface area contributed by atoms with Gasteiger partial charge in [-0.15, -0.1) is 11.3 Å². The number of nitrogens with zero attached hydrogens (tertiary/aromatic N) is 3. The van der Waals surface area contributed by atoms with E-state index in [4.69, 9.17) is 9.40 Å². The van der Waals surface area contributed by atoms with Gasteiger partial charge in [0.1, 0.15) is 16.3 Å². The third-order valence-corrected chi connectivity index (χ3v) is 7.66. The van der Waals surface area contributed by atoms with Crippen LogP contribution in [0.25, 0.3) is 15.9 Å². The van der Waals surface area contributed by atoms with Gasteiger partial charge in [-0.05, 0) is 62.4 Å². The molecule has 33 heavy (non-hydrogen) atoms. The molecule has 0 bridgehead atoms. The van der Waals surface area contributed by atoms with Crippen LogP contribution in [0.4, 0.5) is 0 Å². The SMILES string of the molecule is C/C(=N\NC(=O)CSc1nc2sc3c(c2c(=O)n1-c1ccccc1)CCCC3)c1ccco1. The number of rotatable bonds is 6. The Hall–Kier alpha value is -3.17. The number of hydrogen-bond acceptors (Lipinski definition) is 7. The van der Waals surface area contributed by atoms with Crippen LogP contribution in [0, 0.1) is 0 Å². The van der Waals surface area contributed by atoms with Crippen LogP contribution in [0.3, 0.4) is 0 Å². The van der Waals surface area contributed by atoms with Crippen molar-refractivity contribution < 1.29 is 9.21 Å². The summed E-state index contributed by atoms with van der Waals surface area (Å²) in [5.74, 6) is 0.380. The van der Waals surface area contributed by atoms with Gasteiger partial charge < -0.3 is 4.42 Å². The van der Waals surface area contributed by atoms with E-state index in [1.54, 1.807) is 41.2 Å². The number of hydrazone groups is 1. The van der Waals surface area contributed by atoms with E-state index >= 15 is 0 Å². The normalized spacial score (nSPS) is 13.8. The van der Waals surface area contributed by atoms with Crippen molar-refractivity contribution >= 4 is 44.9 Å². The Kier molecular flexibility index (Phi) is 6.15. The van der Waals surface area contributed by atoms with Crippen molar-refractivity contribution in [2.24, 2.45) is 5.10 Å². The first-order valence-corrected chi connectivity index (χ1v) is 12.5. The first kappa shape index (κ1) is 21.7. The number of para-hydroxylation sites is 1. The van der Waals surface area contributed by atoms with Crippen molar-refractivity contribution in [2.75, 3.05) is 5.75 Å². The lowest BCUT2D eigenvalue weighted by atomic mass is 9.97. The van der Waals surface area contributed by atoms with Crippen molar-refractivity contribution in [2.45, 2.75) is 37.8 Å². The summed E-state index contributed by atoms with van der Waals surface area (Å²) in [5, 5.41) is 5.32. The van der Waals surface area contributed by atoms with Gasteiger partial charge in [-0.25, -0.2) is 10.4 Å². The minimum absolute atomic E-state index is 0.0693. The van der Waals surface area contributed by atoms with Crippen molar-refractivity contribution in [1.29, 1.82) is 0 Å². The molecule has 0 unspecified atom stereocenters. The maximum absolute atomic E-state index is 13.7. The maximum atomic E-state index is 13.7. The lowest BCUT2D eigenvalue weighted by molar-refractivity contribution is -0.118. The zero-order valence-corrected chi connectivity index (χ0v) is 19.7. The number of carbonyl (C=O) groups excluding carboxylic acids is 1. The Labute approximate surface area is 198 Å². The molecule has 7 nitrogen and oxygen atoms in total. The molecular weight excluding hydrogens is 456 g/mol. The molecule has 1 amide bonds. The fraction of sp³-hybridized carbons (Fsp3) is 0.250.